The maximum atomic E-state index is 13.7. The van der Waals surface area contributed by atoms with E-state index >= 15 is 0 Å². The maximum absolute atomic E-state index is 13.7. The van der Waals surface area contributed by atoms with E-state index in [1.54, 1.807) is 11.9 Å². The average Bonchev–Trinajstić information content (AvgIpc) is 2.76. The second-order valence-corrected chi connectivity index (χ2v) is 8.43. The highest BCUT2D eigenvalue weighted by atomic mass is 16.2. The summed E-state index contributed by atoms with van der Waals surface area (Å²) in [5.41, 5.74) is 8.15. The Morgan fingerprint density at radius 1 is 1.07 bits per heavy atom. The second-order valence-electron chi connectivity index (χ2n) is 8.43. The van der Waals surface area contributed by atoms with Crippen molar-refractivity contribution >= 4 is 17.9 Å². The van der Waals surface area contributed by atoms with E-state index in [0.717, 1.165) is 11.1 Å². The third kappa shape index (κ3) is 2.61. The Hall–Kier alpha value is -2.80. The molecule has 2 aromatic carbocycles. The molecule has 156 valence electrons. The van der Waals surface area contributed by atoms with Gasteiger partial charge in [-0.3, -0.25) is 4.79 Å². The normalized spacial score (nSPS) is 29.4. The molecule has 0 saturated carbocycles. The second kappa shape index (κ2) is 7.47. The van der Waals surface area contributed by atoms with Crippen molar-refractivity contribution < 1.29 is 14.1 Å². The van der Waals surface area contributed by atoms with Crippen molar-refractivity contribution in [2.45, 2.75) is 11.6 Å². The number of rotatable bonds is 6. The Balaban J connectivity index is 1.98. The molecular weight excluding hydrogens is 376 g/mol. The minimum absolute atomic E-state index is 0.0333. The van der Waals surface area contributed by atoms with Crippen LogP contribution in [-0.4, -0.2) is 72.9 Å². The number of hydrogen-bond donors (Lipinski definition) is 1. The fraction of sp³-hybridized carbons (Fsp3) is 0.333. The van der Waals surface area contributed by atoms with E-state index in [1.807, 2.05) is 85.7 Å². The van der Waals surface area contributed by atoms with E-state index in [-0.39, 0.29) is 22.8 Å². The highest BCUT2D eigenvalue weighted by Gasteiger charge is 2.82. The summed E-state index contributed by atoms with van der Waals surface area (Å²) in [6.45, 7) is 1.42. The molecule has 2 aliphatic rings. The number of benzene rings is 2. The third-order valence-electron chi connectivity index (χ3n) is 6.65. The first-order chi connectivity index (χ1) is 14.4. The number of β-lactam (4-membered cyclic amide) rings is 1. The largest absolute Gasteiger partial charge is 0.349 e. The minimum atomic E-state index is -0.697. The van der Waals surface area contributed by atoms with Crippen LogP contribution in [0, 0.1) is 0 Å². The molecule has 4 rings (SSSR count). The standard InChI is InChI=1S/C24H29N4O2/c1-26(2)14-15-28-20(16-18-10-6-4-7-11-18)22(29)27(3)21(23(28)30)24(28,17-25)19-12-8-5-9-13-19/h4-13,16,21H,14-15,17,25H2,1-3H3/q+1/b20-16-. The van der Waals surface area contributed by atoms with Crippen LogP contribution in [0.5, 0.6) is 0 Å². The summed E-state index contributed by atoms with van der Waals surface area (Å²) < 4.78 is -0.0333. The van der Waals surface area contributed by atoms with E-state index in [0.29, 0.717) is 18.8 Å². The number of carbonyl (C=O) groups is 2. The lowest BCUT2D eigenvalue weighted by Crippen LogP contribution is -2.92. The van der Waals surface area contributed by atoms with Gasteiger partial charge in [0.1, 0.15) is 6.54 Å². The molecular formula is C24H29N4O2+. The first-order valence-electron chi connectivity index (χ1n) is 10.3. The van der Waals surface area contributed by atoms with Crippen LogP contribution < -0.4 is 5.73 Å². The lowest BCUT2D eigenvalue weighted by Gasteiger charge is -2.66. The first-order valence-corrected chi connectivity index (χ1v) is 10.3. The summed E-state index contributed by atoms with van der Waals surface area (Å²) in [5.74, 6) is -0.0716. The molecule has 2 aliphatic heterocycles. The molecule has 2 heterocycles. The van der Waals surface area contributed by atoms with Crippen molar-refractivity contribution in [3.8, 4) is 0 Å². The topological polar surface area (TPSA) is 66.6 Å². The number of quaternary nitrogens is 1. The highest BCUT2D eigenvalue weighted by Crippen LogP contribution is 2.57. The summed E-state index contributed by atoms with van der Waals surface area (Å²) in [6, 6.07) is 19.1. The van der Waals surface area contributed by atoms with Crippen LogP contribution >= 0.6 is 0 Å². The Morgan fingerprint density at radius 3 is 2.23 bits per heavy atom. The van der Waals surface area contributed by atoms with Crippen molar-refractivity contribution in [1.29, 1.82) is 0 Å². The summed E-state index contributed by atoms with van der Waals surface area (Å²) in [5, 5.41) is 0. The zero-order valence-corrected chi connectivity index (χ0v) is 17.8. The van der Waals surface area contributed by atoms with Crippen LogP contribution in [0.15, 0.2) is 66.4 Å². The van der Waals surface area contributed by atoms with Gasteiger partial charge in [-0.05, 0) is 19.7 Å². The van der Waals surface area contributed by atoms with Crippen LogP contribution in [0.25, 0.3) is 6.08 Å². The van der Waals surface area contributed by atoms with Gasteiger partial charge in [0.15, 0.2) is 5.54 Å². The predicted octanol–water partition coefficient (Wildman–Crippen LogP) is 1.64. The molecule has 0 spiro atoms. The lowest BCUT2D eigenvalue weighted by molar-refractivity contribution is -0.914. The third-order valence-corrected chi connectivity index (χ3v) is 6.65. The number of amides is 2. The summed E-state index contributed by atoms with van der Waals surface area (Å²) >= 11 is 0. The van der Waals surface area contributed by atoms with Gasteiger partial charge in [0.2, 0.25) is 11.7 Å². The number of nitrogens with two attached hydrogens (primary N) is 1. The van der Waals surface area contributed by atoms with Crippen molar-refractivity contribution in [3.63, 3.8) is 0 Å². The Morgan fingerprint density at radius 2 is 1.67 bits per heavy atom. The van der Waals surface area contributed by atoms with E-state index in [2.05, 4.69) is 0 Å². The number of carbonyl (C=O) groups excluding carboxylic acids is 2. The molecule has 0 aromatic heterocycles. The van der Waals surface area contributed by atoms with Crippen molar-refractivity contribution in [3.05, 3.63) is 77.5 Å². The van der Waals surface area contributed by atoms with Gasteiger partial charge < -0.3 is 15.5 Å². The van der Waals surface area contributed by atoms with E-state index in [9.17, 15) is 9.59 Å². The van der Waals surface area contributed by atoms with Crippen LogP contribution in [0.3, 0.4) is 0 Å². The van der Waals surface area contributed by atoms with Gasteiger partial charge in [-0.25, -0.2) is 9.28 Å². The number of nitrogens with zero attached hydrogens (tertiary/aromatic N) is 3. The molecule has 3 unspecified atom stereocenters. The van der Waals surface area contributed by atoms with Gasteiger partial charge >= 0.3 is 11.8 Å². The fourth-order valence-corrected chi connectivity index (χ4v) is 5.18. The molecule has 2 fully saturated rings. The molecule has 2 amide bonds. The molecule has 6 heteroatoms. The van der Waals surface area contributed by atoms with E-state index in [4.69, 9.17) is 5.73 Å². The molecule has 30 heavy (non-hydrogen) atoms. The van der Waals surface area contributed by atoms with Crippen molar-refractivity contribution in [2.75, 3.05) is 40.8 Å². The maximum Gasteiger partial charge on any atom is 0.349 e. The van der Waals surface area contributed by atoms with Crippen LogP contribution in [-0.2, 0) is 15.1 Å². The van der Waals surface area contributed by atoms with Gasteiger partial charge in [-0.15, -0.1) is 0 Å². The van der Waals surface area contributed by atoms with Gasteiger partial charge in [0.25, 0.3) is 0 Å². The number of fused-ring (bicyclic) bond motifs is 2. The van der Waals surface area contributed by atoms with Crippen molar-refractivity contribution in [1.82, 2.24) is 9.80 Å². The van der Waals surface area contributed by atoms with E-state index in [1.165, 1.54) is 0 Å². The zero-order chi connectivity index (χ0) is 21.5. The van der Waals surface area contributed by atoms with Crippen LogP contribution in [0.4, 0.5) is 0 Å². The van der Waals surface area contributed by atoms with Gasteiger partial charge in [-0.2, -0.15) is 0 Å². The monoisotopic (exact) mass is 405 g/mol. The van der Waals surface area contributed by atoms with Gasteiger partial charge in [-0.1, -0.05) is 60.7 Å². The van der Waals surface area contributed by atoms with Gasteiger partial charge in [0.05, 0.1) is 6.54 Å². The zero-order valence-electron chi connectivity index (χ0n) is 17.8. The molecule has 2 N–H and O–H groups in total. The number of hydrogen-bond acceptors (Lipinski definition) is 4. The molecule has 2 aromatic rings. The van der Waals surface area contributed by atoms with Crippen LogP contribution in [0.2, 0.25) is 0 Å². The first kappa shape index (κ1) is 20.5. The summed E-state index contributed by atoms with van der Waals surface area (Å²) in [6.07, 6.45) is 1.87. The predicted molar refractivity (Wildman–Crippen MR) is 117 cm³/mol. The number of piperazine rings is 2. The Labute approximate surface area is 177 Å². The molecule has 0 radical (unpaired) electrons. The molecule has 0 aliphatic carbocycles. The Kier molecular flexibility index (Phi) is 5.10. The fourth-order valence-electron chi connectivity index (χ4n) is 5.18. The molecule has 2 saturated heterocycles. The summed E-state index contributed by atoms with van der Waals surface area (Å²) in [7, 11) is 5.67. The van der Waals surface area contributed by atoms with E-state index < -0.39 is 11.6 Å². The highest BCUT2D eigenvalue weighted by molar-refractivity contribution is 6.06. The lowest BCUT2D eigenvalue weighted by atomic mass is 9.66. The molecule has 6 nitrogen and oxygen atoms in total. The SMILES string of the molecule is CN(C)CC[N+]12C(=O)C(N(C)C(=O)/C1=C/c1ccccc1)C2(CN)c1ccccc1. The molecule has 3 atom stereocenters. The van der Waals surface area contributed by atoms with Gasteiger partial charge in [0, 0.05) is 25.2 Å². The van der Waals surface area contributed by atoms with Crippen molar-refractivity contribution in [2.24, 2.45) is 5.73 Å². The molecule has 2 bridgehead atoms. The average molecular weight is 406 g/mol. The van der Waals surface area contributed by atoms with Crippen LogP contribution in [0.1, 0.15) is 11.1 Å². The smallest absolute Gasteiger partial charge is 0.325 e. The quantitative estimate of drug-likeness (QED) is 0.451. The number of likely N-dealkylation sites (N-methyl/N-ethyl adjacent to an activating group) is 2. The Bertz CT molecular complexity index is 989. The summed E-state index contributed by atoms with van der Waals surface area (Å²) in [4.78, 5) is 30.8. The minimum Gasteiger partial charge on any atom is -0.325 e.